The first-order valence-electron chi connectivity index (χ1n) is 10.2. The van der Waals surface area contributed by atoms with E-state index < -0.39 is 0 Å². The Morgan fingerprint density at radius 2 is 1.90 bits per heavy atom. The highest BCUT2D eigenvalue weighted by Crippen LogP contribution is 2.48. The molecule has 2 atom stereocenters. The second-order valence-electron chi connectivity index (χ2n) is 7.37. The number of rotatable bonds is 6. The van der Waals surface area contributed by atoms with Crippen molar-refractivity contribution in [2.75, 3.05) is 6.61 Å². The van der Waals surface area contributed by atoms with Gasteiger partial charge in [0.2, 0.25) is 6.23 Å². The van der Waals surface area contributed by atoms with Gasteiger partial charge in [0.05, 0.1) is 28.8 Å². The second kappa shape index (κ2) is 7.91. The molecule has 0 amide bonds. The van der Waals surface area contributed by atoms with Crippen molar-refractivity contribution >= 4 is 17.0 Å². The molecule has 0 spiro atoms. The Hall–Kier alpha value is -2.79. The van der Waals surface area contributed by atoms with Crippen LogP contribution in [0.1, 0.15) is 54.5 Å². The monoisotopic (exact) mass is 404 g/mol. The lowest BCUT2D eigenvalue weighted by molar-refractivity contribution is -0.0206. The van der Waals surface area contributed by atoms with E-state index in [4.69, 9.17) is 14.6 Å². The maximum absolute atomic E-state index is 6.49. The molecule has 4 nitrogen and oxygen atoms in total. The first-order valence-corrected chi connectivity index (χ1v) is 11.1. The predicted molar refractivity (Wildman–Crippen MR) is 117 cm³/mol. The molecular formula is C24H24N2O2S. The number of ether oxygens (including phenoxy) is 2. The van der Waals surface area contributed by atoms with Crippen LogP contribution < -0.4 is 9.47 Å². The van der Waals surface area contributed by atoms with E-state index in [1.54, 1.807) is 11.3 Å². The molecule has 5 rings (SSSR count). The molecule has 3 aromatic rings. The van der Waals surface area contributed by atoms with Crippen LogP contribution in [0.4, 0.5) is 0 Å². The van der Waals surface area contributed by atoms with Crippen molar-refractivity contribution in [1.29, 1.82) is 0 Å². The summed E-state index contributed by atoms with van der Waals surface area (Å²) in [4.78, 5) is 1.23. The third kappa shape index (κ3) is 3.40. The zero-order chi connectivity index (χ0) is 19.6. The van der Waals surface area contributed by atoms with E-state index in [2.05, 4.69) is 53.7 Å². The number of nitrogens with zero attached hydrogens (tertiary/aromatic N) is 2. The third-order valence-electron chi connectivity index (χ3n) is 5.45. The van der Waals surface area contributed by atoms with Gasteiger partial charge in [-0.05, 0) is 36.1 Å². The zero-order valence-electron chi connectivity index (χ0n) is 16.5. The fourth-order valence-electron chi connectivity index (χ4n) is 3.97. The van der Waals surface area contributed by atoms with Gasteiger partial charge in [0.1, 0.15) is 11.5 Å². The molecule has 29 heavy (non-hydrogen) atoms. The van der Waals surface area contributed by atoms with Gasteiger partial charge in [-0.3, -0.25) is 0 Å². The van der Waals surface area contributed by atoms with Crippen molar-refractivity contribution in [2.45, 2.75) is 38.5 Å². The lowest BCUT2D eigenvalue weighted by atomic mass is 9.97. The number of thiophene rings is 1. The first kappa shape index (κ1) is 18.3. The molecule has 2 aliphatic rings. The maximum Gasteiger partial charge on any atom is 0.217 e. The summed E-state index contributed by atoms with van der Waals surface area (Å²) in [5.41, 5.74) is 3.35. The molecule has 1 aromatic heterocycles. The number of hydrogen-bond acceptors (Lipinski definition) is 5. The van der Waals surface area contributed by atoms with Crippen LogP contribution in [0.3, 0.4) is 0 Å². The van der Waals surface area contributed by atoms with Crippen LogP contribution in [0.5, 0.6) is 11.5 Å². The van der Waals surface area contributed by atoms with Gasteiger partial charge in [-0.15, -0.1) is 11.3 Å². The summed E-state index contributed by atoms with van der Waals surface area (Å²) in [5.74, 6) is 1.81. The van der Waals surface area contributed by atoms with Crippen LogP contribution in [0.15, 0.2) is 71.1 Å². The van der Waals surface area contributed by atoms with Gasteiger partial charge in [-0.25, -0.2) is 5.01 Å². The molecule has 0 radical (unpaired) electrons. The summed E-state index contributed by atoms with van der Waals surface area (Å²) in [6, 6.07) is 20.9. The quantitative estimate of drug-likeness (QED) is 0.461. The van der Waals surface area contributed by atoms with E-state index in [0.717, 1.165) is 42.0 Å². The number of para-hydroxylation sites is 2. The number of unbranched alkanes of at least 4 members (excludes halogenated alkanes) is 1. The van der Waals surface area contributed by atoms with Crippen molar-refractivity contribution < 1.29 is 9.47 Å². The van der Waals surface area contributed by atoms with Gasteiger partial charge in [-0.1, -0.05) is 49.7 Å². The number of hydrogen-bond donors (Lipinski definition) is 0. The van der Waals surface area contributed by atoms with Crippen LogP contribution in [-0.4, -0.2) is 17.3 Å². The first-order chi connectivity index (χ1) is 14.3. The molecule has 148 valence electrons. The van der Waals surface area contributed by atoms with Crippen molar-refractivity contribution in [3.8, 4) is 11.5 Å². The lowest BCUT2D eigenvalue weighted by Crippen LogP contribution is -2.34. The van der Waals surface area contributed by atoms with Crippen molar-refractivity contribution in [3.63, 3.8) is 0 Å². The summed E-state index contributed by atoms with van der Waals surface area (Å²) < 4.78 is 12.6. The fourth-order valence-corrected chi connectivity index (χ4v) is 4.69. The Labute approximate surface area is 175 Å². The van der Waals surface area contributed by atoms with Crippen LogP contribution >= 0.6 is 11.3 Å². The van der Waals surface area contributed by atoms with E-state index in [1.165, 1.54) is 10.4 Å². The predicted octanol–water partition coefficient (Wildman–Crippen LogP) is 6.17. The minimum absolute atomic E-state index is 0.172. The average Bonchev–Trinajstić information content (AvgIpc) is 3.44. The van der Waals surface area contributed by atoms with E-state index in [1.807, 2.05) is 24.3 Å². The van der Waals surface area contributed by atoms with Gasteiger partial charge >= 0.3 is 0 Å². The highest BCUT2D eigenvalue weighted by atomic mass is 32.1. The third-order valence-corrected chi connectivity index (χ3v) is 6.36. The van der Waals surface area contributed by atoms with Crippen LogP contribution in [0, 0.1) is 0 Å². The summed E-state index contributed by atoms with van der Waals surface area (Å²) in [6.45, 7) is 2.88. The number of hydrazone groups is 1. The van der Waals surface area contributed by atoms with Gasteiger partial charge in [0.15, 0.2) is 0 Å². The molecule has 0 N–H and O–H groups in total. The molecular weight excluding hydrogens is 380 g/mol. The van der Waals surface area contributed by atoms with E-state index in [-0.39, 0.29) is 12.3 Å². The molecule has 0 saturated heterocycles. The van der Waals surface area contributed by atoms with Crippen molar-refractivity contribution in [3.05, 3.63) is 82.0 Å². The minimum atomic E-state index is -0.301. The van der Waals surface area contributed by atoms with Crippen LogP contribution in [0.2, 0.25) is 0 Å². The molecule has 5 heteroatoms. The van der Waals surface area contributed by atoms with Crippen LogP contribution in [0.25, 0.3) is 0 Å². The lowest BCUT2D eigenvalue weighted by Gasteiger charge is -2.38. The Bertz CT molecular complexity index is 1020. The maximum atomic E-state index is 6.49. The van der Waals surface area contributed by atoms with E-state index >= 15 is 0 Å². The highest BCUT2D eigenvalue weighted by Gasteiger charge is 2.41. The van der Waals surface area contributed by atoms with Gasteiger partial charge in [0.25, 0.3) is 0 Å². The summed E-state index contributed by atoms with van der Waals surface area (Å²) in [7, 11) is 0. The molecule has 2 aromatic carbocycles. The summed E-state index contributed by atoms with van der Waals surface area (Å²) >= 11 is 1.74. The van der Waals surface area contributed by atoms with Gasteiger partial charge in [-0.2, -0.15) is 5.10 Å². The fraction of sp³-hybridized carbons (Fsp3) is 0.292. The van der Waals surface area contributed by atoms with E-state index in [9.17, 15) is 0 Å². The van der Waals surface area contributed by atoms with Gasteiger partial charge < -0.3 is 9.47 Å². The Morgan fingerprint density at radius 3 is 2.72 bits per heavy atom. The highest BCUT2D eigenvalue weighted by molar-refractivity contribution is 7.12. The molecule has 2 aliphatic heterocycles. The van der Waals surface area contributed by atoms with Crippen molar-refractivity contribution in [1.82, 2.24) is 5.01 Å². The van der Waals surface area contributed by atoms with Crippen molar-refractivity contribution in [2.24, 2.45) is 5.10 Å². The van der Waals surface area contributed by atoms with E-state index in [0.29, 0.717) is 6.61 Å². The Morgan fingerprint density at radius 1 is 1.07 bits per heavy atom. The molecule has 0 fully saturated rings. The Balaban J connectivity index is 1.55. The zero-order valence-corrected chi connectivity index (χ0v) is 17.3. The van der Waals surface area contributed by atoms with Gasteiger partial charge in [0, 0.05) is 12.0 Å². The SMILES string of the molecule is CCCCOc1ccccc1[C@@H]1Oc2ccccc2[C@@H]2CC(c3cccs3)=NN21. The molecule has 3 heterocycles. The minimum Gasteiger partial charge on any atom is -0.493 e. The molecule has 0 aliphatic carbocycles. The molecule has 0 saturated carbocycles. The smallest absolute Gasteiger partial charge is 0.217 e. The largest absolute Gasteiger partial charge is 0.493 e. The Kier molecular flexibility index (Phi) is 4.98. The normalized spacial score (nSPS) is 19.9. The second-order valence-corrected chi connectivity index (χ2v) is 8.32. The molecule has 0 unspecified atom stereocenters. The topological polar surface area (TPSA) is 34.1 Å². The molecule has 0 bridgehead atoms. The number of fused-ring (bicyclic) bond motifs is 3. The van der Waals surface area contributed by atoms with Crippen LogP contribution in [-0.2, 0) is 0 Å². The summed E-state index contributed by atoms with van der Waals surface area (Å²) in [6.07, 6.45) is 2.73. The standard InChI is InChI=1S/C24H24N2O2S/c1-2-3-14-27-21-11-6-5-10-18(21)24-26-20(17-9-4-7-12-22(17)28-24)16-19(25-26)23-13-8-15-29-23/h4-13,15,20,24H,2-3,14,16H2,1H3/t20-,24-/m0/s1. The summed E-state index contributed by atoms with van der Waals surface area (Å²) in [5, 5.41) is 9.26. The average molecular weight is 405 g/mol. The number of benzene rings is 2.